The van der Waals surface area contributed by atoms with Crippen LogP contribution in [0.4, 0.5) is 26.3 Å². The number of nitrogens with zero attached hydrogens (tertiary/aromatic N) is 1. The highest BCUT2D eigenvalue weighted by Gasteiger charge is 2.44. The summed E-state index contributed by atoms with van der Waals surface area (Å²) >= 11 is 5.12. The largest absolute Gasteiger partial charge is 0.493 e. The van der Waals surface area contributed by atoms with Crippen LogP contribution >= 0.6 is 12.2 Å². The first-order chi connectivity index (χ1) is 11.5. The van der Waals surface area contributed by atoms with Gasteiger partial charge in [0.25, 0.3) is 0 Å². The molecule has 0 aliphatic carbocycles. The van der Waals surface area contributed by atoms with Gasteiger partial charge in [0.15, 0.2) is 11.5 Å². The topological polar surface area (TPSA) is 21.7 Å². The molecular weight excluding hydrogens is 372 g/mol. The summed E-state index contributed by atoms with van der Waals surface area (Å²) < 4.78 is 87.8. The van der Waals surface area contributed by atoms with Gasteiger partial charge in [0.05, 0.1) is 20.1 Å². The van der Waals surface area contributed by atoms with Gasteiger partial charge in [0, 0.05) is 18.7 Å². The molecule has 3 nitrogen and oxygen atoms in total. The standard InChI is InChI=1S/C15H15F6NO2S/c1-23-11-6-8(5-10(12(11)24-2)15(19,20)21)13(25)22-4-3-9(7-22)14(16,17)18/h5-6,9H,3-4,7H2,1-2H3/t9-/m1/s1. The molecule has 140 valence electrons. The van der Waals surface area contributed by atoms with Gasteiger partial charge in [-0.2, -0.15) is 26.3 Å². The molecule has 1 saturated heterocycles. The highest BCUT2D eigenvalue weighted by atomic mass is 32.1. The average molecular weight is 387 g/mol. The second kappa shape index (κ2) is 6.89. The Balaban J connectivity index is 2.38. The third-order valence-corrected chi connectivity index (χ3v) is 4.46. The second-order valence-electron chi connectivity index (χ2n) is 5.54. The number of hydrogen-bond acceptors (Lipinski definition) is 3. The summed E-state index contributed by atoms with van der Waals surface area (Å²) in [6.45, 7) is -0.350. The molecule has 1 heterocycles. The highest BCUT2D eigenvalue weighted by molar-refractivity contribution is 7.80. The smallest absolute Gasteiger partial charge is 0.420 e. The molecule has 2 rings (SSSR count). The van der Waals surface area contributed by atoms with Gasteiger partial charge in [-0.15, -0.1) is 0 Å². The van der Waals surface area contributed by atoms with Crippen LogP contribution in [-0.4, -0.2) is 43.4 Å². The Morgan fingerprint density at radius 3 is 2.20 bits per heavy atom. The van der Waals surface area contributed by atoms with Gasteiger partial charge < -0.3 is 14.4 Å². The molecule has 1 aromatic carbocycles. The van der Waals surface area contributed by atoms with Crippen LogP contribution in [0.15, 0.2) is 12.1 Å². The van der Waals surface area contributed by atoms with E-state index >= 15 is 0 Å². The fourth-order valence-electron chi connectivity index (χ4n) is 2.69. The van der Waals surface area contributed by atoms with Crippen LogP contribution in [0, 0.1) is 5.92 Å². The van der Waals surface area contributed by atoms with E-state index in [1.54, 1.807) is 0 Å². The van der Waals surface area contributed by atoms with E-state index in [0.29, 0.717) is 0 Å². The van der Waals surface area contributed by atoms with Gasteiger partial charge in [-0.3, -0.25) is 0 Å². The van der Waals surface area contributed by atoms with E-state index in [4.69, 9.17) is 21.7 Å². The van der Waals surface area contributed by atoms with Crippen molar-refractivity contribution in [3.8, 4) is 11.5 Å². The molecule has 1 atom stereocenters. The maximum absolute atomic E-state index is 13.2. The van der Waals surface area contributed by atoms with E-state index in [9.17, 15) is 26.3 Å². The summed E-state index contributed by atoms with van der Waals surface area (Å²) in [7, 11) is 2.24. The van der Waals surface area contributed by atoms with Crippen LogP contribution in [0.1, 0.15) is 17.5 Å². The summed E-state index contributed by atoms with van der Waals surface area (Å²) in [5.74, 6) is -2.25. The highest BCUT2D eigenvalue weighted by Crippen LogP contribution is 2.43. The van der Waals surface area contributed by atoms with Crippen molar-refractivity contribution in [1.82, 2.24) is 4.90 Å². The van der Waals surface area contributed by atoms with Crippen LogP contribution < -0.4 is 9.47 Å². The van der Waals surface area contributed by atoms with E-state index in [-0.39, 0.29) is 35.8 Å². The van der Waals surface area contributed by atoms with Crippen LogP contribution in [-0.2, 0) is 6.18 Å². The van der Waals surface area contributed by atoms with Gasteiger partial charge >= 0.3 is 12.4 Å². The number of hydrogen-bond donors (Lipinski definition) is 0. The Bertz CT molecular complexity index is 659. The molecule has 0 unspecified atom stereocenters. The van der Waals surface area contributed by atoms with E-state index in [2.05, 4.69) is 0 Å². The predicted octanol–water partition coefficient (Wildman–Crippen LogP) is 4.28. The molecule has 0 bridgehead atoms. The lowest BCUT2D eigenvalue weighted by atomic mass is 10.1. The average Bonchev–Trinajstić information content (AvgIpc) is 3.02. The molecule has 0 aromatic heterocycles. The first-order valence-corrected chi connectivity index (χ1v) is 7.59. The fraction of sp³-hybridized carbons (Fsp3) is 0.533. The summed E-state index contributed by atoms with van der Waals surface area (Å²) in [6, 6.07) is 2.00. The van der Waals surface area contributed by atoms with Gasteiger partial charge in [-0.05, 0) is 18.6 Å². The molecule has 1 aromatic rings. The zero-order valence-corrected chi connectivity index (χ0v) is 14.1. The van der Waals surface area contributed by atoms with Crippen LogP contribution in [0.25, 0.3) is 0 Å². The van der Waals surface area contributed by atoms with Crippen molar-refractivity contribution in [2.45, 2.75) is 18.8 Å². The molecule has 10 heteroatoms. The normalized spacial score (nSPS) is 18.4. The van der Waals surface area contributed by atoms with Crippen LogP contribution in [0.2, 0.25) is 0 Å². The molecule has 0 N–H and O–H groups in total. The van der Waals surface area contributed by atoms with E-state index in [1.165, 1.54) is 18.1 Å². The lowest BCUT2D eigenvalue weighted by molar-refractivity contribution is -0.169. The van der Waals surface area contributed by atoms with Crippen LogP contribution in [0.3, 0.4) is 0 Å². The number of thiocarbonyl (C=S) groups is 1. The van der Waals surface area contributed by atoms with Crippen molar-refractivity contribution in [3.05, 3.63) is 23.3 Å². The number of ether oxygens (including phenoxy) is 2. The summed E-state index contributed by atoms with van der Waals surface area (Å²) in [6.07, 6.45) is -9.24. The van der Waals surface area contributed by atoms with Gasteiger partial charge in [0.1, 0.15) is 10.6 Å². The monoisotopic (exact) mass is 387 g/mol. The number of rotatable bonds is 3. The van der Waals surface area contributed by atoms with Gasteiger partial charge in [-0.1, -0.05) is 12.2 Å². The summed E-state index contributed by atoms with van der Waals surface area (Å²) in [4.78, 5) is 1.17. The number of likely N-dealkylation sites (tertiary alicyclic amines) is 1. The SMILES string of the molecule is COc1cc(C(=S)N2CC[C@@H](C(F)(F)F)C2)cc(C(F)(F)F)c1OC. The lowest BCUT2D eigenvalue weighted by Gasteiger charge is -2.23. The molecule has 25 heavy (non-hydrogen) atoms. The zero-order chi connectivity index (χ0) is 19.0. The summed E-state index contributed by atoms with van der Waals surface area (Å²) in [5, 5.41) is 0. The van der Waals surface area contributed by atoms with E-state index < -0.39 is 29.6 Å². The quantitative estimate of drug-likeness (QED) is 0.570. The Kier molecular flexibility index (Phi) is 5.41. The first kappa shape index (κ1) is 19.6. The zero-order valence-electron chi connectivity index (χ0n) is 13.3. The lowest BCUT2D eigenvalue weighted by Crippen LogP contribution is -2.31. The predicted molar refractivity (Wildman–Crippen MR) is 82.0 cm³/mol. The fourth-order valence-corrected chi connectivity index (χ4v) is 2.98. The first-order valence-electron chi connectivity index (χ1n) is 7.18. The molecular formula is C15H15F6NO2S. The van der Waals surface area contributed by atoms with Gasteiger partial charge in [0.2, 0.25) is 0 Å². The van der Waals surface area contributed by atoms with Crippen molar-refractivity contribution in [1.29, 1.82) is 0 Å². The molecule has 0 saturated carbocycles. The Morgan fingerprint density at radius 2 is 1.76 bits per heavy atom. The van der Waals surface area contributed by atoms with Crippen molar-refractivity contribution >= 4 is 17.2 Å². The molecule has 1 aliphatic rings. The van der Waals surface area contributed by atoms with E-state index in [0.717, 1.165) is 13.2 Å². The minimum atomic E-state index is -4.73. The Labute approximate surface area is 145 Å². The van der Waals surface area contributed by atoms with E-state index in [1.807, 2.05) is 0 Å². The van der Waals surface area contributed by atoms with Crippen molar-refractivity contribution < 1.29 is 35.8 Å². The second-order valence-corrected chi connectivity index (χ2v) is 5.92. The molecule has 1 aliphatic heterocycles. The van der Waals surface area contributed by atoms with Crippen molar-refractivity contribution in [2.24, 2.45) is 5.92 Å². The molecule has 0 radical (unpaired) electrons. The number of halogens is 6. The third kappa shape index (κ3) is 4.10. The minimum Gasteiger partial charge on any atom is -0.493 e. The third-order valence-electron chi connectivity index (χ3n) is 3.97. The minimum absolute atomic E-state index is 0.0265. The summed E-state index contributed by atoms with van der Waals surface area (Å²) in [5.41, 5.74) is -1.14. The maximum atomic E-state index is 13.2. The number of benzene rings is 1. The Hall–Kier alpha value is -1.71. The molecule has 0 spiro atoms. The number of methoxy groups -OCH3 is 2. The molecule has 0 amide bonds. The number of alkyl halides is 6. The van der Waals surface area contributed by atoms with Crippen LogP contribution in [0.5, 0.6) is 11.5 Å². The maximum Gasteiger partial charge on any atom is 0.420 e. The van der Waals surface area contributed by atoms with Gasteiger partial charge in [-0.25, -0.2) is 0 Å². The molecule has 1 fully saturated rings. The van der Waals surface area contributed by atoms with Crippen molar-refractivity contribution in [2.75, 3.05) is 27.3 Å². The Morgan fingerprint density at radius 1 is 1.12 bits per heavy atom. The van der Waals surface area contributed by atoms with Crippen molar-refractivity contribution in [3.63, 3.8) is 0 Å².